The lowest BCUT2D eigenvalue weighted by atomic mass is 10.1. The molecule has 0 saturated heterocycles. The van der Waals surface area contributed by atoms with E-state index in [1.165, 1.54) is 0 Å². The summed E-state index contributed by atoms with van der Waals surface area (Å²) in [5.41, 5.74) is 2.24. The summed E-state index contributed by atoms with van der Waals surface area (Å²) in [6.07, 6.45) is 0.512. The first-order valence-electron chi connectivity index (χ1n) is 5.74. The lowest BCUT2D eigenvalue weighted by molar-refractivity contribution is -0.121. The first-order chi connectivity index (χ1) is 8.26. The number of hydrogen-bond acceptors (Lipinski definition) is 3. The first kappa shape index (κ1) is 16.9. The molecule has 1 aromatic carbocycles. The van der Waals surface area contributed by atoms with Crippen LogP contribution in [0.3, 0.4) is 0 Å². The highest BCUT2D eigenvalue weighted by Gasteiger charge is 2.00. The summed E-state index contributed by atoms with van der Waals surface area (Å²) < 4.78 is 5.03. The molecule has 5 heteroatoms. The molecule has 0 unspecified atom stereocenters. The van der Waals surface area contributed by atoms with Crippen LogP contribution in [0.5, 0.6) is 0 Å². The van der Waals surface area contributed by atoms with Gasteiger partial charge < -0.3 is 15.4 Å². The van der Waals surface area contributed by atoms with Crippen LogP contribution < -0.4 is 10.6 Å². The van der Waals surface area contributed by atoms with Crippen molar-refractivity contribution in [3.05, 3.63) is 35.4 Å². The summed E-state index contributed by atoms with van der Waals surface area (Å²) in [6, 6.07) is 8.04. The zero-order valence-corrected chi connectivity index (χ0v) is 11.7. The highest BCUT2D eigenvalue weighted by Crippen LogP contribution is 2.05. The van der Waals surface area contributed by atoms with Gasteiger partial charge in [0.05, 0.1) is 6.61 Å². The van der Waals surface area contributed by atoms with Crippen molar-refractivity contribution < 1.29 is 9.53 Å². The average molecular weight is 273 g/mol. The second-order valence-electron chi connectivity index (χ2n) is 3.88. The summed E-state index contributed by atoms with van der Waals surface area (Å²) in [4.78, 5) is 11.4. The van der Waals surface area contributed by atoms with Gasteiger partial charge in [0.1, 0.15) is 0 Å². The van der Waals surface area contributed by atoms with Crippen molar-refractivity contribution in [2.45, 2.75) is 19.6 Å². The fourth-order valence-electron chi connectivity index (χ4n) is 1.45. The maximum absolute atomic E-state index is 11.4. The molecule has 0 heterocycles. The Morgan fingerprint density at radius 3 is 2.39 bits per heavy atom. The van der Waals surface area contributed by atoms with E-state index >= 15 is 0 Å². The Bertz CT molecular complexity index is 341. The summed E-state index contributed by atoms with van der Waals surface area (Å²) in [7, 11) is 3.51. The molecule has 0 aliphatic carbocycles. The molecule has 1 rings (SSSR count). The van der Waals surface area contributed by atoms with Crippen LogP contribution in [-0.2, 0) is 22.7 Å². The molecule has 0 radical (unpaired) electrons. The molecule has 18 heavy (non-hydrogen) atoms. The van der Waals surface area contributed by atoms with Crippen molar-refractivity contribution in [1.82, 2.24) is 10.6 Å². The lowest BCUT2D eigenvalue weighted by Crippen LogP contribution is -2.26. The maximum atomic E-state index is 11.4. The van der Waals surface area contributed by atoms with E-state index in [1.807, 2.05) is 31.3 Å². The van der Waals surface area contributed by atoms with Gasteiger partial charge in [-0.1, -0.05) is 24.3 Å². The van der Waals surface area contributed by atoms with Crippen LogP contribution in [0.2, 0.25) is 0 Å². The van der Waals surface area contributed by atoms with Crippen molar-refractivity contribution in [3.8, 4) is 0 Å². The number of carbonyl (C=O) groups excluding carboxylic acids is 1. The van der Waals surface area contributed by atoms with E-state index in [0.717, 1.165) is 11.1 Å². The van der Waals surface area contributed by atoms with Crippen LogP contribution >= 0.6 is 12.4 Å². The zero-order valence-electron chi connectivity index (χ0n) is 10.9. The van der Waals surface area contributed by atoms with E-state index in [9.17, 15) is 4.79 Å². The van der Waals surface area contributed by atoms with Crippen LogP contribution in [0.4, 0.5) is 0 Å². The van der Waals surface area contributed by atoms with Gasteiger partial charge in [-0.2, -0.15) is 0 Å². The largest absolute Gasteiger partial charge is 0.380 e. The minimum absolute atomic E-state index is 0. The molecule has 0 fully saturated rings. The summed E-state index contributed by atoms with van der Waals surface area (Å²) >= 11 is 0. The Kier molecular flexibility index (Phi) is 9.28. The molecular formula is C13H21ClN2O2. The Morgan fingerprint density at radius 2 is 1.83 bits per heavy atom. The maximum Gasteiger partial charge on any atom is 0.221 e. The second kappa shape index (κ2) is 9.88. The molecule has 1 amide bonds. The third-order valence-electron chi connectivity index (χ3n) is 2.43. The van der Waals surface area contributed by atoms with Gasteiger partial charge in [-0.25, -0.2) is 0 Å². The van der Waals surface area contributed by atoms with Crippen molar-refractivity contribution >= 4 is 18.3 Å². The van der Waals surface area contributed by atoms with E-state index in [2.05, 4.69) is 10.6 Å². The fourth-order valence-corrected chi connectivity index (χ4v) is 1.45. The number of nitrogens with one attached hydrogen (secondary N) is 2. The van der Waals surface area contributed by atoms with Gasteiger partial charge in [-0.05, 0) is 18.2 Å². The SMILES string of the molecule is CNCCC(=O)NCc1ccc(COC)cc1.Cl. The van der Waals surface area contributed by atoms with Gasteiger partial charge >= 0.3 is 0 Å². The van der Waals surface area contributed by atoms with Gasteiger partial charge in [0.25, 0.3) is 0 Å². The Balaban J connectivity index is 0.00000289. The van der Waals surface area contributed by atoms with E-state index in [1.54, 1.807) is 7.11 Å². The van der Waals surface area contributed by atoms with Crippen molar-refractivity contribution in [2.24, 2.45) is 0 Å². The van der Waals surface area contributed by atoms with E-state index in [-0.39, 0.29) is 18.3 Å². The Labute approximate surface area is 115 Å². The molecule has 0 spiro atoms. The number of amides is 1. The molecule has 0 atom stereocenters. The minimum Gasteiger partial charge on any atom is -0.380 e. The standard InChI is InChI=1S/C13H20N2O2.ClH/c1-14-8-7-13(16)15-9-11-3-5-12(6-4-11)10-17-2;/h3-6,14H,7-10H2,1-2H3,(H,15,16);1H. The second-order valence-corrected chi connectivity index (χ2v) is 3.88. The number of halogens is 1. The highest BCUT2D eigenvalue weighted by molar-refractivity contribution is 5.85. The van der Waals surface area contributed by atoms with Crippen LogP contribution in [0.1, 0.15) is 17.5 Å². The third-order valence-corrected chi connectivity index (χ3v) is 2.43. The third kappa shape index (κ3) is 6.59. The highest BCUT2D eigenvalue weighted by atomic mass is 35.5. The number of benzene rings is 1. The quantitative estimate of drug-likeness (QED) is 0.791. The molecule has 4 nitrogen and oxygen atoms in total. The topological polar surface area (TPSA) is 50.4 Å². The van der Waals surface area contributed by atoms with Gasteiger partial charge in [0, 0.05) is 26.6 Å². The number of ether oxygens (including phenoxy) is 1. The monoisotopic (exact) mass is 272 g/mol. The predicted octanol–water partition coefficient (Wildman–Crippen LogP) is 1.48. The van der Waals surface area contributed by atoms with Crippen LogP contribution in [-0.4, -0.2) is 26.6 Å². The van der Waals surface area contributed by atoms with Gasteiger partial charge in [0.15, 0.2) is 0 Å². The van der Waals surface area contributed by atoms with Gasteiger partial charge in [-0.15, -0.1) is 12.4 Å². The normalized spacial score (nSPS) is 9.67. The molecule has 0 aromatic heterocycles. The molecule has 2 N–H and O–H groups in total. The number of carbonyl (C=O) groups is 1. The summed E-state index contributed by atoms with van der Waals surface area (Å²) in [5.74, 6) is 0.0697. The molecule has 0 aliphatic rings. The lowest BCUT2D eigenvalue weighted by Gasteiger charge is -2.06. The van der Waals surface area contributed by atoms with E-state index in [4.69, 9.17) is 4.74 Å². The molecule has 0 bridgehead atoms. The van der Waals surface area contributed by atoms with Crippen LogP contribution in [0, 0.1) is 0 Å². The molecule has 1 aromatic rings. The summed E-state index contributed by atoms with van der Waals surface area (Å²) in [6.45, 7) is 1.91. The smallest absolute Gasteiger partial charge is 0.221 e. The summed E-state index contributed by atoms with van der Waals surface area (Å²) in [5, 5.41) is 5.82. The van der Waals surface area contributed by atoms with Gasteiger partial charge in [-0.3, -0.25) is 4.79 Å². The van der Waals surface area contributed by atoms with Crippen molar-refractivity contribution in [3.63, 3.8) is 0 Å². The molecule has 0 aliphatic heterocycles. The average Bonchev–Trinajstić information content (AvgIpc) is 2.36. The van der Waals surface area contributed by atoms with Crippen molar-refractivity contribution in [1.29, 1.82) is 0 Å². The minimum atomic E-state index is 0. The predicted molar refractivity (Wildman–Crippen MR) is 74.8 cm³/mol. The fraction of sp³-hybridized carbons (Fsp3) is 0.462. The molecular weight excluding hydrogens is 252 g/mol. The van der Waals surface area contributed by atoms with E-state index < -0.39 is 0 Å². The number of hydrogen-bond donors (Lipinski definition) is 2. The van der Waals surface area contributed by atoms with E-state index in [0.29, 0.717) is 26.1 Å². The Hall–Kier alpha value is -1.10. The van der Waals surface area contributed by atoms with Crippen molar-refractivity contribution in [2.75, 3.05) is 20.7 Å². The zero-order chi connectivity index (χ0) is 12.5. The molecule has 102 valence electrons. The number of methoxy groups -OCH3 is 1. The number of rotatable bonds is 7. The van der Waals surface area contributed by atoms with Crippen LogP contribution in [0.25, 0.3) is 0 Å². The first-order valence-corrected chi connectivity index (χ1v) is 5.74. The molecule has 0 saturated carbocycles. The van der Waals surface area contributed by atoms with Gasteiger partial charge in [0.2, 0.25) is 5.91 Å². The van der Waals surface area contributed by atoms with Crippen LogP contribution in [0.15, 0.2) is 24.3 Å². The Morgan fingerprint density at radius 1 is 1.22 bits per heavy atom.